The molecule has 0 spiro atoms. The molecule has 2 heterocycles. The summed E-state index contributed by atoms with van der Waals surface area (Å²) >= 11 is 0. The molecule has 5 rings (SSSR count). The number of hydrogen-bond acceptors (Lipinski definition) is 5. The van der Waals surface area contributed by atoms with Crippen LogP contribution in [0.25, 0.3) is 0 Å². The summed E-state index contributed by atoms with van der Waals surface area (Å²) in [4.78, 5) is 56.2. The topological polar surface area (TPSA) is 117 Å². The van der Waals surface area contributed by atoms with Gasteiger partial charge in [0.2, 0.25) is 11.8 Å². The van der Waals surface area contributed by atoms with Crippen LogP contribution in [0.4, 0.5) is 13.2 Å². The highest BCUT2D eigenvalue weighted by Crippen LogP contribution is 2.32. The summed E-state index contributed by atoms with van der Waals surface area (Å²) in [6.45, 7) is -0.0386. The first kappa shape index (κ1) is 32.7. The molecule has 46 heavy (non-hydrogen) atoms. The van der Waals surface area contributed by atoms with Crippen LogP contribution in [0.1, 0.15) is 62.5 Å². The minimum atomic E-state index is -4.75. The zero-order valence-electron chi connectivity index (χ0n) is 25.6. The first-order valence-electron chi connectivity index (χ1n) is 15.4. The van der Waals surface area contributed by atoms with E-state index in [0.717, 1.165) is 23.4 Å². The summed E-state index contributed by atoms with van der Waals surface area (Å²) < 4.78 is 43.0. The van der Waals surface area contributed by atoms with Crippen molar-refractivity contribution in [1.82, 2.24) is 30.2 Å². The molecule has 2 bridgehead atoms. The second-order valence-corrected chi connectivity index (χ2v) is 11.7. The third kappa shape index (κ3) is 7.75. The fraction of sp³-hybridized carbons (Fsp3) is 0.424. The first-order chi connectivity index (χ1) is 22.0. The molecule has 10 nitrogen and oxygen atoms in total. The number of nitrogens with one attached hydrogen (secondary N) is 2. The Morgan fingerprint density at radius 2 is 1.74 bits per heavy atom. The molecule has 244 valence electrons. The average Bonchev–Trinajstić information content (AvgIpc) is 3.36. The second-order valence-electron chi connectivity index (χ2n) is 11.7. The van der Waals surface area contributed by atoms with Gasteiger partial charge in [0.15, 0.2) is 5.69 Å². The molecule has 1 aliphatic heterocycles. The van der Waals surface area contributed by atoms with Crippen LogP contribution in [-0.2, 0) is 42.1 Å². The van der Waals surface area contributed by atoms with Crippen LogP contribution >= 0.6 is 0 Å². The lowest BCUT2D eigenvalue weighted by Crippen LogP contribution is -2.46. The number of aromatic nitrogens is 2. The van der Waals surface area contributed by atoms with Crippen LogP contribution < -0.4 is 10.6 Å². The van der Waals surface area contributed by atoms with Crippen LogP contribution in [0.15, 0.2) is 54.6 Å². The minimum Gasteiger partial charge on any atom is -0.351 e. The van der Waals surface area contributed by atoms with E-state index in [1.807, 2.05) is 30.3 Å². The lowest BCUT2D eigenvalue weighted by Gasteiger charge is -2.27. The van der Waals surface area contributed by atoms with E-state index in [2.05, 4.69) is 15.7 Å². The Morgan fingerprint density at radius 1 is 1.00 bits per heavy atom. The van der Waals surface area contributed by atoms with E-state index in [9.17, 15) is 32.3 Å². The van der Waals surface area contributed by atoms with Gasteiger partial charge in [-0.1, -0.05) is 42.5 Å². The highest BCUT2D eigenvalue weighted by molar-refractivity contribution is 5.96. The maximum absolute atomic E-state index is 13.8. The Bertz CT molecular complexity index is 1590. The van der Waals surface area contributed by atoms with Crippen molar-refractivity contribution in [2.45, 2.75) is 50.7 Å². The van der Waals surface area contributed by atoms with Gasteiger partial charge in [-0.2, -0.15) is 18.3 Å². The van der Waals surface area contributed by atoms with E-state index in [1.54, 1.807) is 11.7 Å². The molecule has 2 aliphatic rings. The monoisotopic (exact) mass is 638 g/mol. The van der Waals surface area contributed by atoms with Gasteiger partial charge in [-0.05, 0) is 49.8 Å². The quantitative estimate of drug-likeness (QED) is 0.456. The van der Waals surface area contributed by atoms with Crippen LogP contribution in [0.5, 0.6) is 0 Å². The normalized spacial score (nSPS) is 18.5. The molecule has 0 saturated carbocycles. The van der Waals surface area contributed by atoms with Crippen molar-refractivity contribution in [3.63, 3.8) is 0 Å². The lowest BCUT2D eigenvalue weighted by atomic mass is 9.91. The number of fused-ring (bicyclic) bond motifs is 1. The Hall–Kier alpha value is -4.68. The van der Waals surface area contributed by atoms with Crippen molar-refractivity contribution in [2.75, 3.05) is 32.7 Å². The summed E-state index contributed by atoms with van der Waals surface area (Å²) in [6, 6.07) is 13.9. The maximum atomic E-state index is 13.8. The molecule has 3 aromatic rings. The van der Waals surface area contributed by atoms with Gasteiger partial charge in [0, 0.05) is 56.9 Å². The van der Waals surface area contributed by atoms with Crippen LogP contribution in [0.3, 0.4) is 0 Å². The summed E-state index contributed by atoms with van der Waals surface area (Å²) in [7, 11) is 1.75. The van der Waals surface area contributed by atoms with E-state index in [4.69, 9.17) is 0 Å². The number of hydrogen-bond donors (Lipinski definition) is 2. The number of rotatable bonds is 4. The van der Waals surface area contributed by atoms with E-state index in [0.29, 0.717) is 31.2 Å². The summed E-state index contributed by atoms with van der Waals surface area (Å²) in [5.41, 5.74) is 1.24. The Balaban J connectivity index is 1.41. The molecular weight excluding hydrogens is 601 g/mol. The largest absolute Gasteiger partial charge is 0.417 e. The number of benzene rings is 2. The number of carbonyl (C=O) groups excluding carboxylic acids is 4. The standard InChI is InChI=1S/C33H37F3N6O4/c1-40-27-14-13-23-20-25(27)30(39-40)31(45)37-16-19-41(32(46)24-10-5-6-11-26(24)33(34,35)36)17-7-12-29(44)42(21-28(43)38-23)18-15-22-8-3-2-4-9-22/h2-6,8-11,23H,7,12-21H2,1H3,(H,37,45)(H,38,43). The third-order valence-corrected chi connectivity index (χ3v) is 8.47. The average molecular weight is 639 g/mol. The molecule has 0 radical (unpaired) electrons. The predicted molar refractivity (Wildman–Crippen MR) is 163 cm³/mol. The fourth-order valence-electron chi connectivity index (χ4n) is 6.11. The Kier molecular flexibility index (Phi) is 10.1. The van der Waals surface area contributed by atoms with Gasteiger partial charge in [0.25, 0.3) is 11.8 Å². The number of halogens is 3. The molecule has 0 fully saturated rings. The zero-order chi connectivity index (χ0) is 32.8. The molecule has 13 heteroatoms. The molecule has 2 aromatic carbocycles. The van der Waals surface area contributed by atoms with Crippen molar-refractivity contribution in [3.05, 3.63) is 88.2 Å². The molecule has 2 N–H and O–H groups in total. The fourth-order valence-corrected chi connectivity index (χ4v) is 6.11. The number of aryl methyl sites for hydroxylation is 1. The molecule has 4 amide bonds. The number of alkyl halides is 3. The summed E-state index contributed by atoms with van der Waals surface area (Å²) in [5.74, 6) is -1.95. The van der Waals surface area contributed by atoms with Crippen molar-refractivity contribution >= 4 is 23.6 Å². The maximum Gasteiger partial charge on any atom is 0.417 e. The highest BCUT2D eigenvalue weighted by Gasteiger charge is 2.36. The van der Waals surface area contributed by atoms with Crippen molar-refractivity contribution < 1.29 is 32.3 Å². The van der Waals surface area contributed by atoms with Crippen molar-refractivity contribution in [3.8, 4) is 0 Å². The highest BCUT2D eigenvalue weighted by atomic mass is 19.4. The molecule has 1 atom stereocenters. The van der Waals surface area contributed by atoms with Gasteiger partial charge in [-0.25, -0.2) is 0 Å². The Labute approximate surface area is 264 Å². The van der Waals surface area contributed by atoms with Crippen molar-refractivity contribution in [2.24, 2.45) is 7.05 Å². The van der Waals surface area contributed by atoms with E-state index in [-0.39, 0.29) is 69.1 Å². The number of amides is 4. The second kappa shape index (κ2) is 14.2. The molecule has 1 aliphatic carbocycles. The van der Waals surface area contributed by atoms with Gasteiger partial charge in [-0.15, -0.1) is 0 Å². The summed E-state index contributed by atoms with van der Waals surface area (Å²) in [5, 5.41) is 10.2. The SMILES string of the molecule is Cn1nc2c3c1CCC(C3)NC(=O)CN(CCc1ccccc1)C(=O)CCCN(C(=O)c1ccccc1C(F)(F)F)CCNC2=O. The van der Waals surface area contributed by atoms with Gasteiger partial charge in [0.1, 0.15) is 0 Å². The number of nitrogens with zero attached hydrogens (tertiary/aromatic N) is 4. The first-order valence-corrected chi connectivity index (χ1v) is 15.4. The van der Waals surface area contributed by atoms with Crippen LogP contribution in [0.2, 0.25) is 0 Å². The Morgan fingerprint density at radius 3 is 2.50 bits per heavy atom. The number of carbonyl (C=O) groups is 4. The minimum absolute atomic E-state index is 0.0259. The van der Waals surface area contributed by atoms with E-state index in [1.165, 1.54) is 21.9 Å². The summed E-state index contributed by atoms with van der Waals surface area (Å²) in [6.07, 6.45) is -2.48. The van der Waals surface area contributed by atoms with Gasteiger partial charge in [-0.3, -0.25) is 23.9 Å². The van der Waals surface area contributed by atoms with Crippen LogP contribution in [0, 0.1) is 0 Å². The molecule has 1 aromatic heterocycles. The smallest absolute Gasteiger partial charge is 0.351 e. The van der Waals surface area contributed by atoms with Crippen LogP contribution in [-0.4, -0.2) is 82.0 Å². The van der Waals surface area contributed by atoms with Gasteiger partial charge in [0.05, 0.1) is 17.7 Å². The molecule has 0 saturated heterocycles. The van der Waals surface area contributed by atoms with Gasteiger partial charge >= 0.3 is 6.18 Å². The lowest BCUT2D eigenvalue weighted by molar-refractivity contribution is -0.138. The van der Waals surface area contributed by atoms with Gasteiger partial charge < -0.3 is 20.4 Å². The predicted octanol–water partition coefficient (Wildman–Crippen LogP) is 3.15. The van der Waals surface area contributed by atoms with Crippen molar-refractivity contribution in [1.29, 1.82) is 0 Å². The van der Waals surface area contributed by atoms with E-state index >= 15 is 0 Å². The zero-order valence-corrected chi connectivity index (χ0v) is 25.6. The van der Waals surface area contributed by atoms with E-state index < -0.39 is 29.1 Å². The third-order valence-electron chi connectivity index (χ3n) is 8.47. The molecular formula is C33H37F3N6O4. The molecule has 1 unspecified atom stereocenters.